The summed E-state index contributed by atoms with van der Waals surface area (Å²) in [5, 5.41) is 3.47. The van der Waals surface area contributed by atoms with Crippen LogP contribution < -0.4 is 24.6 Å². The van der Waals surface area contributed by atoms with Gasteiger partial charge in [-0.3, -0.25) is 0 Å². The third-order valence-corrected chi connectivity index (χ3v) is 6.53. The van der Waals surface area contributed by atoms with Gasteiger partial charge < -0.3 is 29.3 Å². The first-order chi connectivity index (χ1) is 15.8. The smallest absolute Gasteiger partial charge is 0.144 e. The monoisotopic (exact) mass is 435 g/mol. The summed E-state index contributed by atoms with van der Waals surface area (Å²) < 4.78 is 17.4. The summed E-state index contributed by atoms with van der Waals surface area (Å²) in [6.07, 6.45) is 7.93. The number of nitrogens with zero attached hydrogens (tertiary/aromatic N) is 2. The Morgan fingerprint density at radius 3 is 2.94 bits per heavy atom. The van der Waals surface area contributed by atoms with Gasteiger partial charge in [-0.15, -0.1) is 0 Å². The molecule has 3 aliphatic rings. The van der Waals surface area contributed by atoms with E-state index in [1.165, 1.54) is 16.8 Å². The van der Waals surface area contributed by atoms with Gasteiger partial charge in [0.05, 0.1) is 18.9 Å². The van der Waals surface area contributed by atoms with Crippen molar-refractivity contribution in [1.29, 1.82) is 0 Å². The van der Waals surface area contributed by atoms with Crippen molar-refractivity contribution in [3.8, 4) is 11.5 Å². The van der Waals surface area contributed by atoms with Gasteiger partial charge in [0.25, 0.3) is 0 Å². The van der Waals surface area contributed by atoms with Crippen molar-refractivity contribution in [1.82, 2.24) is 5.32 Å². The van der Waals surface area contributed by atoms with Gasteiger partial charge in [-0.1, -0.05) is 6.07 Å². The number of benzene rings is 2. The number of methoxy groups -OCH3 is 1. The molecule has 5 rings (SSSR count). The van der Waals surface area contributed by atoms with Gasteiger partial charge in [-0.2, -0.15) is 0 Å². The Kier molecular flexibility index (Phi) is 6.51. The molecule has 2 aromatic rings. The van der Waals surface area contributed by atoms with Gasteiger partial charge in [-0.05, 0) is 67.3 Å². The predicted molar refractivity (Wildman–Crippen MR) is 129 cm³/mol. The largest absolute Gasteiger partial charge is 0.495 e. The number of rotatable bonds is 6. The third-order valence-electron chi connectivity index (χ3n) is 6.53. The minimum atomic E-state index is 0.237. The van der Waals surface area contributed by atoms with Crippen molar-refractivity contribution >= 4 is 17.5 Å². The molecule has 170 valence electrons. The Labute approximate surface area is 190 Å². The maximum absolute atomic E-state index is 5.98. The van der Waals surface area contributed by atoms with Crippen LogP contribution in [-0.4, -0.2) is 52.6 Å². The van der Waals surface area contributed by atoms with E-state index in [4.69, 9.17) is 14.2 Å². The number of hydrogen-bond acceptors (Lipinski definition) is 6. The average Bonchev–Trinajstić information content (AvgIpc) is 3.22. The van der Waals surface area contributed by atoms with Crippen LogP contribution in [0, 0.1) is 0 Å². The summed E-state index contributed by atoms with van der Waals surface area (Å²) in [5.41, 5.74) is 4.82. The highest BCUT2D eigenvalue weighted by molar-refractivity contribution is 5.70. The first-order valence-corrected chi connectivity index (χ1v) is 11.8. The standard InChI is InChI=1S/C26H33N3O3/c1-30-26-17-22(6-8-25(26)28-12-3-10-27-11-14-28)29-13-9-20-16-23(7-5-21(20)18-29)32-19-24-4-2-15-31-24/h5-9,13,16-17,24,27H,2-4,10-12,14-15,18-19H2,1H3/t24-/m0/s1. The number of anilines is 2. The fourth-order valence-corrected chi connectivity index (χ4v) is 4.70. The molecular formula is C26H33N3O3. The van der Waals surface area contributed by atoms with Crippen LogP contribution in [0.1, 0.15) is 30.4 Å². The van der Waals surface area contributed by atoms with Crippen molar-refractivity contribution in [2.24, 2.45) is 0 Å². The van der Waals surface area contributed by atoms with Crippen molar-refractivity contribution in [3.05, 3.63) is 53.7 Å². The fourth-order valence-electron chi connectivity index (χ4n) is 4.70. The summed E-state index contributed by atoms with van der Waals surface area (Å²) in [5.74, 6) is 1.84. The first kappa shape index (κ1) is 21.2. The molecule has 0 amide bonds. The minimum Gasteiger partial charge on any atom is -0.495 e. The lowest BCUT2D eigenvalue weighted by atomic mass is 10.0. The van der Waals surface area contributed by atoms with E-state index in [1.54, 1.807) is 7.11 Å². The van der Waals surface area contributed by atoms with E-state index in [1.807, 2.05) is 0 Å². The molecule has 2 saturated heterocycles. The summed E-state index contributed by atoms with van der Waals surface area (Å²) in [6, 6.07) is 12.9. The Balaban J connectivity index is 1.28. The highest BCUT2D eigenvalue weighted by Crippen LogP contribution is 2.35. The lowest BCUT2D eigenvalue weighted by molar-refractivity contribution is 0.0679. The highest BCUT2D eigenvalue weighted by Gasteiger charge is 2.19. The molecule has 0 unspecified atom stereocenters. The first-order valence-electron chi connectivity index (χ1n) is 11.8. The fraction of sp³-hybridized carbons (Fsp3) is 0.462. The second-order valence-electron chi connectivity index (χ2n) is 8.70. The lowest BCUT2D eigenvalue weighted by Crippen LogP contribution is -2.28. The van der Waals surface area contributed by atoms with Crippen LogP contribution in [0.25, 0.3) is 6.08 Å². The molecule has 2 fully saturated rings. The van der Waals surface area contributed by atoms with Gasteiger partial charge in [0, 0.05) is 50.7 Å². The molecule has 0 aromatic heterocycles. The molecule has 2 aromatic carbocycles. The van der Waals surface area contributed by atoms with Crippen molar-refractivity contribution in [2.45, 2.75) is 31.9 Å². The van der Waals surface area contributed by atoms with E-state index in [0.717, 1.165) is 75.8 Å². The number of fused-ring (bicyclic) bond motifs is 1. The van der Waals surface area contributed by atoms with E-state index in [0.29, 0.717) is 6.61 Å². The SMILES string of the molecule is COc1cc(N2C=Cc3cc(OC[C@@H]4CCCO4)ccc3C2)ccc1N1CCCNCC1. The zero-order valence-electron chi connectivity index (χ0n) is 18.9. The predicted octanol–water partition coefficient (Wildman–Crippen LogP) is 4.04. The van der Waals surface area contributed by atoms with E-state index in [9.17, 15) is 0 Å². The normalized spacial score (nSPS) is 20.7. The van der Waals surface area contributed by atoms with Gasteiger partial charge in [0.15, 0.2) is 0 Å². The summed E-state index contributed by atoms with van der Waals surface area (Å²) >= 11 is 0. The Bertz CT molecular complexity index is 947. The number of hydrogen-bond donors (Lipinski definition) is 1. The third kappa shape index (κ3) is 4.71. The van der Waals surface area contributed by atoms with E-state index < -0.39 is 0 Å². The molecule has 1 atom stereocenters. The topological polar surface area (TPSA) is 46.2 Å². The zero-order valence-corrected chi connectivity index (χ0v) is 18.9. The maximum Gasteiger partial charge on any atom is 0.144 e. The summed E-state index contributed by atoms with van der Waals surface area (Å²) in [6.45, 7) is 6.46. The maximum atomic E-state index is 5.98. The van der Waals surface area contributed by atoms with Crippen LogP contribution in [-0.2, 0) is 11.3 Å². The Morgan fingerprint density at radius 2 is 2.06 bits per heavy atom. The number of ether oxygens (including phenoxy) is 3. The highest BCUT2D eigenvalue weighted by atomic mass is 16.5. The summed E-state index contributed by atoms with van der Waals surface area (Å²) in [7, 11) is 1.76. The van der Waals surface area contributed by atoms with Crippen molar-refractivity contribution in [3.63, 3.8) is 0 Å². The molecule has 0 saturated carbocycles. The van der Waals surface area contributed by atoms with Gasteiger partial charge >= 0.3 is 0 Å². The van der Waals surface area contributed by atoms with E-state index >= 15 is 0 Å². The minimum absolute atomic E-state index is 0.237. The average molecular weight is 436 g/mol. The Morgan fingerprint density at radius 1 is 1.09 bits per heavy atom. The molecule has 3 aliphatic heterocycles. The van der Waals surface area contributed by atoms with Crippen LogP contribution in [0.5, 0.6) is 11.5 Å². The second-order valence-corrected chi connectivity index (χ2v) is 8.70. The number of nitrogens with one attached hydrogen (secondary N) is 1. The molecule has 1 N–H and O–H groups in total. The molecular weight excluding hydrogens is 402 g/mol. The van der Waals surface area contributed by atoms with Crippen LogP contribution in [0.3, 0.4) is 0 Å². The second kappa shape index (κ2) is 9.84. The lowest BCUT2D eigenvalue weighted by Gasteiger charge is -2.29. The molecule has 0 radical (unpaired) electrons. The zero-order chi connectivity index (χ0) is 21.8. The van der Waals surface area contributed by atoms with Crippen LogP contribution >= 0.6 is 0 Å². The molecule has 3 heterocycles. The Hall–Kier alpha value is -2.70. The van der Waals surface area contributed by atoms with Crippen LogP contribution in [0.4, 0.5) is 11.4 Å². The molecule has 0 spiro atoms. The molecule has 0 bridgehead atoms. The molecule has 6 heteroatoms. The summed E-state index contributed by atoms with van der Waals surface area (Å²) in [4.78, 5) is 4.69. The molecule has 6 nitrogen and oxygen atoms in total. The van der Waals surface area contributed by atoms with Crippen LogP contribution in [0.15, 0.2) is 42.6 Å². The van der Waals surface area contributed by atoms with Crippen molar-refractivity contribution in [2.75, 3.05) is 56.3 Å². The van der Waals surface area contributed by atoms with Gasteiger partial charge in [0.1, 0.15) is 18.1 Å². The van der Waals surface area contributed by atoms with Gasteiger partial charge in [0.2, 0.25) is 0 Å². The molecule has 0 aliphatic carbocycles. The molecule has 32 heavy (non-hydrogen) atoms. The quantitative estimate of drug-likeness (QED) is 0.739. The van der Waals surface area contributed by atoms with Crippen LogP contribution in [0.2, 0.25) is 0 Å². The van der Waals surface area contributed by atoms with E-state index in [-0.39, 0.29) is 6.10 Å². The van der Waals surface area contributed by atoms with Crippen molar-refractivity contribution < 1.29 is 14.2 Å². The van der Waals surface area contributed by atoms with E-state index in [2.05, 4.69) is 63.8 Å². The van der Waals surface area contributed by atoms with Gasteiger partial charge in [-0.25, -0.2) is 0 Å².